The van der Waals surface area contributed by atoms with Gasteiger partial charge in [-0.1, -0.05) is 58.8 Å². The van der Waals surface area contributed by atoms with E-state index in [1.807, 2.05) is 0 Å². The Kier molecular flexibility index (Phi) is 4.29. The van der Waals surface area contributed by atoms with Crippen LogP contribution in [0.3, 0.4) is 0 Å². The van der Waals surface area contributed by atoms with Crippen molar-refractivity contribution in [3.05, 3.63) is 64.7 Å². The number of nitrogens with zero attached hydrogens (tertiary/aromatic N) is 2. The predicted molar refractivity (Wildman–Crippen MR) is 89.9 cm³/mol. The smallest absolute Gasteiger partial charge is 0.277 e. The Balaban J connectivity index is 1.72. The minimum atomic E-state index is 0.582. The van der Waals surface area contributed by atoms with Gasteiger partial charge in [0.2, 0.25) is 5.89 Å². The van der Waals surface area contributed by atoms with Crippen LogP contribution in [0.25, 0.3) is 11.5 Å². The monoisotopic (exact) mass is 310 g/mol. The highest BCUT2D eigenvalue weighted by atomic mass is 32.2. The predicted octanol–water partition coefficient (Wildman–Crippen LogP) is 4.95. The number of benzene rings is 2. The summed E-state index contributed by atoms with van der Waals surface area (Å²) >= 11 is 1.56. The molecule has 4 heteroatoms. The molecular formula is C18H18N2OS. The van der Waals surface area contributed by atoms with Crippen LogP contribution in [0.2, 0.25) is 0 Å². The molecule has 1 heterocycles. The lowest BCUT2D eigenvalue weighted by atomic mass is 10.1. The van der Waals surface area contributed by atoms with Crippen molar-refractivity contribution >= 4 is 11.8 Å². The molecule has 0 fully saturated rings. The van der Waals surface area contributed by atoms with E-state index in [1.54, 1.807) is 11.8 Å². The number of rotatable bonds is 4. The van der Waals surface area contributed by atoms with Crippen molar-refractivity contribution < 1.29 is 4.42 Å². The third-order valence-electron chi connectivity index (χ3n) is 3.36. The summed E-state index contributed by atoms with van der Waals surface area (Å²) in [5.41, 5.74) is 5.89. The number of hydrogen-bond acceptors (Lipinski definition) is 4. The SMILES string of the molecule is Cc1ccc(CSc2nnc(-c3cc(C)cc(C)c3)o2)cc1. The molecule has 0 atom stereocenters. The maximum absolute atomic E-state index is 5.77. The Hall–Kier alpha value is -2.07. The Morgan fingerprint density at radius 2 is 1.55 bits per heavy atom. The van der Waals surface area contributed by atoms with Crippen LogP contribution in [0, 0.1) is 20.8 Å². The molecule has 0 aliphatic heterocycles. The zero-order chi connectivity index (χ0) is 15.5. The Morgan fingerprint density at radius 3 is 2.23 bits per heavy atom. The second kappa shape index (κ2) is 6.36. The van der Waals surface area contributed by atoms with Crippen LogP contribution in [0.15, 0.2) is 52.1 Å². The van der Waals surface area contributed by atoms with E-state index in [1.165, 1.54) is 22.3 Å². The fraction of sp³-hybridized carbons (Fsp3) is 0.222. The standard InChI is InChI=1S/C18H18N2OS/c1-12-4-6-15(7-5-12)11-22-18-20-19-17(21-18)16-9-13(2)8-14(3)10-16/h4-10H,11H2,1-3H3. The van der Waals surface area contributed by atoms with Crippen molar-refractivity contribution in [3.63, 3.8) is 0 Å². The lowest BCUT2D eigenvalue weighted by Crippen LogP contribution is -1.82. The Labute approximate surface area is 134 Å². The third-order valence-corrected chi connectivity index (χ3v) is 4.25. The average molecular weight is 310 g/mol. The summed E-state index contributed by atoms with van der Waals surface area (Å²) < 4.78 is 5.77. The molecular weight excluding hydrogens is 292 g/mol. The van der Waals surface area contributed by atoms with Crippen LogP contribution in [0.1, 0.15) is 22.3 Å². The molecule has 22 heavy (non-hydrogen) atoms. The topological polar surface area (TPSA) is 38.9 Å². The van der Waals surface area contributed by atoms with Gasteiger partial charge in [-0.25, -0.2) is 0 Å². The lowest BCUT2D eigenvalue weighted by Gasteiger charge is -2.00. The van der Waals surface area contributed by atoms with Gasteiger partial charge in [-0.3, -0.25) is 0 Å². The van der Waals surface area contributed by atoms with Crippen molar-refractivity contribution in [1.82, 2.24) is 10.2 Å². The van der Waals surface area contributed by atoms with Gasteiger partial charge >= 0.3 is 0 Å². The van der Waals surface area contributed by atoms with Crippen molar-refractivity contribution in [2.75, 3.05) is 0 Å². The normalized spacial score (nSPS) is 10.9. The maximum atomic E-state index is 5.77. The summed E-state index contributed by atoms with van der Waals surface area (Å²) in [5, 5.41) is 8.89. The quantitative estimate of drug-likeness (QED) is 0.639. The highest BCUT2D eigenvalue weighted by Gasteiger charge is 2.10. The van der Waals surface area contributed by atoms with Gasteiger partial charge in [0.15, 0.2) is 0 Å². The van der Waals surface area contributed by atoms with Crippen molar-refractivity contribution in [3.8, 4) is 11.5 Å². The summed E-state index contributed by atoms with van der Waals surface area (Å²) in [7, 11) is 0. The molecule has 0 unspecified atom stereocenters. The van der Waals surface area contributed by atoms with Crippen LogP contribution in [0.5, 0.6) is 0 Å². The van der Waals surface area contributed by atoms with Crippen LogP contribution in [0.4, 0.5) is 0 Å². The number of thioether (sulfide) groups is 1. The van der Waals surface area contributed by atoms with E-state index >= 15 is 0 Å². The zero-order valence-corrected chi connectivity index (χ0v) is 13.8. The van der Waals surface area contributed by atoms with Crippen LogP contribution in [-0.4, -0.2) is 10.2 Å². The summed E-state index contributed by atoms with van der Waals surface area (Å²) in [5.74, 6) is 1.41. The van der Waals surface area contributed by atoms with Gasteiger partial charge in [-0.05, 0) is 38.5 Å². The van der Waals surface area contributed by atoms with Gasteiger partial charge in [-0.2, -0.15) is 0 Å². The van der Waals surface area contributed by atoms with Gasteiger partial charge < -0.3 is 4.42 Å². The van der Waals surface area contributed by atoms with Crippen molar-refractivity contribution in [1.29, 1.82) is 0 Å². The molecule has 0 spiro atoms. The average Bonchev–Trinajstić information content (AvgIpc) is 2.95. The van der Waals surface area contributed by atoms with Crippen LogP contribution >= 0.6 is 11.8 Å². The van der Waals surface area contributed by atoms with Gasteiger partial charge in [0.25, 0.3) is 5.22 Å². The van der Waals surface area contributed by atoms with Gasteiger partial charge in [0.05, 0.1) is 0 Å². The molecule has 0 N–H and O–H groups in total. The first-order valence-corrected chi connectivity index (χ1v) is 8.19. The van der Waals surface area contributed by atoms with Gasteiger partial charge in [0, 0.05) is 11.3 Å². The van der Waals surface area contributed by atoms with Crippen LogP contribution < -0.4 is 0 Å². The molecule has 3 rings (SSSR count). The molecule has 0 bridgehead atoms. The Bertz CT molecular complexity index is 758. The highest BCUT2D eigenvalue weighted by molar-refractivity contribution is 7.98. The molecule has 0 radical (unpaired) electrons. The molecule has 3 aromatic rings. The summed E-state index contributed by atoms with van der Waals surface area (Å²) in [6.45, 7) is 6.23. The molecule has 0 amide bonds. The molecule has 0 saturated heterocycles. The third kappa shape index (κ3) is 3.57. The summed E-state index contributed by atoms with van der Waals surface area (Å²) in [6.07, 6.45) is 0. The van der Waals surface area contributed by atoms with E-state index in [9.17, 15) is 0 Å². The van der Waals surface area contributed by atoms with Crippen molar-refractivity contribution in [2.24, 2.45) is 0 Å². The van der Waals surface area contributed by atoms with Crippen LogP contribution in [-0.2, 0) is 5.75 Å². The van der Waals surface area contributed by atoms with Gasteiger partial charge in [0.1, 0.15) is 0 Å². The molecule has 0 aliphatic rings. The molecule has 3 nitrogen and oxygen atoms in total. The fourth-order valence-corrected chi connectivity index (χ4v) is 3.03. The summed E-state index contributed by atoms with van der Waals surface area (Å²) in [4.78, 5) is 0. The fourth-order valence-electron chi connectivity index (χ4n) is 2.31. The molecule has 1 aromatic heterocycles. The molecule has 112 valence electrons. The molecule has 0 aliphatic carbocycles. The molecule has 2 aromatic carbocycles. The van der Waals surface area contributed by atoms with E-state index < -0.39 is 0 Å². The number of hydrogen-bond donors (Lipinski definition) is 0. The number of aromatic nitrogens is 2. The first kappa shape index (κ1) is 14.9. The first-order chi connectivity index (χ1) is 10.6. The Morgan fingerprint density at radius 1 is 0.864 bits per heavy atom. The van der Waals surface area contributed by atoms with E-state index in [2.05, 4.69) is 73.4 Å². The van der Waals surface area contributed by atoms with E-state index in [4.69, 9.17) is 4.42 Å². The largest absolute Gasteiger partial charge is 0.411 e. The minimum Gasteiger partial charge on any atom is -0.411 e. The second-order valence-electron chi connectivity index (χ2n) is 5.52. The number of aryl methyl sites for hydroxylation is 3. The van der Waals surface area contributed by atoms with Gasteiger partial charge in [-0.15, -0.1) is 10.2 Å². The second-order valence-corrected chi connectivity index (χ2v) is 6.45. The van der Waals surface area contributed by atoms with E-state index in [0.717, 1.165) is 11.3 Å². The van der Waals surface area contributed by atoms with Crippen molar-refractivity contribution in [2.45, 2.75) is 31.7 Å². The lowest BCUT2D eigenvalue weighted by molar-refractivity contribution is 0.466. The van der Waals surface area contributed by atoms with E-state index in [-0.39, 0.29) is 0 Å². The minimum absolute atomic E-state index is 0.582. The summed E-state index contributed by atoms with van der Waals surface area (Å²) in [6, 6.07) is 14.7. The first-order valence-electron chi connectivity index (χ1n) is 7.21. The zero-order valence-electron chi connectivity index (χ0n) is 13.0. The highest BCUT2D eigenvalue weighted by Crippen LogP contribution is 2.26. The maximum Gasteiger partial charge on any atom is 0.277 e. The van der Waals surface area contributed by atoms with E-state index in [0.29, 0.717) is 11.1 Å². The molecule has 0 saturated carbocycles.